The van der Waals surface area contributed by atoms with Gasteiger partial charge in [0.15, 0.2) is 0 Å². The van der Waals surface area contributed by atoms with Crippen molar-refractivity contribution in [2.45, 2.75) is 6.61 Å². The van der Waals surface area contributed by atoms with Gasteiger partial charge in [-0.1, -0.05) is 12.1 Å². The molecule has 1 N–H and O–H groups in total. The third-order valence-electron chi connectivity index (χ3n) is 2.63. The van der Waals surface area contributed by atoms with E-state index in [2.05, 4.69) is 0 Å². The molecule has 0 aliphatic rings. The second kappa shape index (κ2) is 5.82. The first-order valence-corrected chi connectivity index (χ1v) is 5.70. The summed E-state index contributed by atoms with van der Waals surface area (Å²) in [6.07, 6.45) is 0. The van der Waals surface area contributed by atoms with Gasteiger partial charge in [0.1, 0.15) is 23.1 Å². The van der Waals surface area contributed by atoms with Crippen LogP contribution < -0.4 is 4.74 Å². The van der Waals surface area contributed by atoms with Crippen LogP contribution in [0.4, 0.5) is 5.69 Å². The summed E-state index contributed by atoms with van der Waals surface area (Å²) in [6, 6.07) is 12.5. The number of aliphatic hydroxyl groups is 1. The summed E-state index contributed by atoms with van der Waals surface area (Å²) in [5.74, 6) is 0.851. The van der Waals surface area contributed by atoms with Crippen LogP contribution in [0.5, 0.6) is 11.5 Å². The SMILES string of the molecule is N#Cc1cc(Oc2ccc(CO)cc2)ccc1[N+](=O)[O-]. The number of hydrogen-bond acceptors (Lipinski definition) is 5. The molecule has 2 aromatic rings. The topological polar surface area (TPSA) is 96.4 Å². The maximum atomic E-state index is 10.7. The molecular weight excluding hydrogens is 260 g/mol. The van der Waals surface area contributed by atoms with Gasteiger partial charge in [-0.3, -0.25) is 10.1 Å². The Morgan fingerprint density at radius 2 is 1.85 bits per heavy atom. The number of nitrogens with zero attached hydrogens (tertiary/aromatic N) is 2. The highest BCUT2D eigenvalue weighted by atomic mass is 16.6. The molecule has 2 aromatic carbocycles. The van der Waals surface area contributed by atoms with E-state index in [1.54, 1.807) is 30.3 Å². The van der Waals surface area contributed by atoms with Crippen LogP contribution in [-0.4, -0.2) is 10.0 Å². The molecule has 0 radical (unpaired) electrons. The predicted octanol–water partition coefficient (Wildman–Crippen LogP) is 2.75. The largest absolute Gasteiger partial charge is 0.457 e. The Bertz CT molecular complexity index is 675. The zero-order valence-corrected chi connectivity index (χ0v) is 10.3. The molecule has 0 spiro atoms. The van der Waals surface area contributed by atoms with Crippen LogP contribution in [0.1, 0.15) is 11.1 Å². The van der Waals surface area contributed by atoms with Crippen LogP contribution in [0, 0.1) is 21.4 Å². The third-order valence-corrected chi connectivity index (χ3v) is 2.63. The van der Waals surface area contributed by atoms with Gasteiger partial charge in [0.25, 0.3) is 5.69 Å². The molecule has 0 bridgehead atoms. The second-order valence-electron chi connectivity index (χ2n) is 3.95. The smallest absolute Gasteiger partial charge is 0.287 e. The van der Waals surface area contributed by atoms with Crippen LogP contribution >= 0.6 is 0 Å². The first-order valence-electron chi connectivity index (χ1n) is 5.70. The summed E-state index contributed by atoms with van der Waals surface area (Å²) in [6.45, 7) is -0.0591. The number of nitro benzene ring substituents is 1. The molecule has 2 rings (SSSR count). The average molecular weight is 270 g/mol. The highest BCUT2D eigenvalue weighted by Crippen LogP contribution is 2.27. The fourth-order valence-corrected chi connectivity index (χ4v) is 1.63. The van der Waals surface area contributed by atoms with Gasteiger partial charge in [0, 0.05) is 12.1 Å². The van der Waals surface area contributed by atoms with Gasteiger partial charge in [-0.25, -0.2) is 0 Å². The van der Waals surface area contributed by atoms with E-state index in [4.69, 9.17) is 15.1 Å². The van der Waals surface area contributed by atoms with Gasteiger partial charge in [-0.15, -0.1) is 0 Å². The Kier molecular flexibility index (Phi) is 3.93. The minimum atomic E-state index is -0.613. The molecule has 0 atom stereocenters. The molecule has 6 nitrogen and oxygen atoms in total. The van der Waals surface area contributed by atoms with E-state index < -0.39 is 4.92 Å². The van der Waals surface area contributed by atoms with E-state index in [9.17, 15) is 10.1 Å². The standard InChI is InChI=1S/C14H10N2O4/c15-8-11-7-13(5-6-14(11)16(18)19)20-12-3-1-10(9-17)2-4-12/h1-7,17H,9H2. The number of aliphatic hydroxyl groups excluding tert-OH is 1. The van der Waals surface area contributed by atoms with Gasteiger partial charge in [-0.2, -0.15) is 5.26 Å². The molecule has 0 aliphatic carbocycles. The molecular formula is C14H10N2O4. The molecule has 0 amide bonds. The molecule has 0 saturated carbocycles. The number of benzene rings is 2. The van der Waals surface area contributed by atoms with Gasteiger partial charge in [0.2, 0.25) is 0 Å². The monoisotopic (exact) mass is 270 g/mol. The molecule has 0 unspecified atom stereocenters. The van der Waals surface area contributed by atoms with Crippen LogP contribution in [0.2, 0.25) is 0 Å². The fraction of sp³-hybridized carbons (Fsp3) is 0.0714. The van der Waals surface area contributed by atoms with Gasteiger partial charge >= 0.3 is 0 Å². The molecule has 0 saturated heterocycles. The van der Waals surface area contributed by atoms with Crippen LogP contribution in [0.3, 0.4) is 0 Å². The van der Waals surface area contributed by atoms with Gasteiger partial charge in [0.05, 0.1) is 11.5 Å². The Balaban J connectivity index is 2.25. The van der Waals surface area contributed by atoms with Crippen molar-refractivity contribution in [2.24, 2.45) is 0 Å². The minimum Gasteiger partial charge on any atom is -0.457 e. The molecule has 6 heteroatoms. The summed E-state index contributed by atoms with van der Waals surface area (Å²) in [7, 11) is 0. The summed E-state index contributed by atoms with van der Waals surface area (Å²) >= 11 is 0. The number of hydrogen-bond donors (Lipinski definition) is 1. The second-order valence-corrected chi connectivity index (χ2v) is 3.95. The van der Waals surface area contributed by atoms with Crippen LogP contribution in [-0.2, 0) is 6.61 Å². The molecule has 100 valence electrons. The van der Waals surface area contributed by atoms with Crippen LogP contribution in [0.15, 0.2) is 42.5 Å². The van der Waals surface area contributed by atoms with Crippen molar-refractivity contribution >= 4 is 5.69 Å². The lowest BCUT2D eigenvalue weighted by Gasteiger charge is -2.06. The van der Waals surface area contributed by atoms with Gasteiger partial charge in [-0.05, 0) is 23.8 Å². The van der Waals surface area contributed by atoms with Crippen molar-refractivity contribution in [3.63, 3.8) is 0 Å². The quantitative estimate of drug-likeness (QED) is 0.680. The highest BCUT2D eigenvalue weighted by Gasteiger charge is 2.14. The maximum Gasteiger partial charge on any atom is 0.287 e. The molecule has 0 heterocycles. The van der Waals surface area contributed by atoms with E-state index in [-0.39, 0.29) is 17.9 Å². The highest BCUT2D eigenvalue weighted by molar-refractivity contribution is 5.52. The number of nitro groups is 1. The van der Waals surface area contributed by atoms with Crippen molar-refractivity contribution in [1.29, 1.82) is 5.26 Å². The summed E-state index contributed by atoms with van der Waals surface area (Å²) in [5, 5.41) is 28.5. The first kappa shape index (κ1) is 13.5. The van der Waals surface area contributed by atoms with Gasteiger partial charge < -0.3 is 9.84 Å². The van der Waals surface area contributed by atoms with Crippen molar-refractivity contribution in [3.8, 4) is 17.6 Å². The number of ether oxygens (including phenoxy) is 1. The third kappa shape index (κ3) is 2.91. The van der Waals surface area contributed by atoms with Crippen LogP contribution in [0.25, 0.3) is 0 Å². The minimum absolute atomic E-state index is 0.0560. The van der Waals surface area contributed by atoms with E-state index in [0.29, 0.717) is 11.5 Å². The summed E-state index contributed by atoms with van der Waals surface area (Å²) in [4.78, 5) is 10.1. The van der Waals surface area contributed by atoms with E-state index >= 15 is 0 Å². The lowest BCUT2D eigenvalue weighted by molar-refractivity contribution is -0.385. The Morgan fingerprint density at radius 1 is 1.20 bits per heavy atom. The summed E-state index contributed by atoms with van der Waals surface area (Å²) in [5.41, 5.74) is 0.439. The summed E-state index contributed by atoms with van der Waals surface area (Å²) < 4.78 is 5.50. The lowest BCUT2D eigenvalue weighted by atomic mass is 10.2. The fourth-order valence-electron chi connectivity index (χ4n) is 1.63. The average Bonchev–Trinajstić information content (AvgIpc) is 2.47. The predicted molar refractivity (Wildman–Crippen MR) is 70.3 cm³/mol. The zero-order chi connectivity index (χ0) is 14.5. The number of nitriles is 1. The van der Waals surface area contributed by atoms with Crippen molar-refractivity contribution in [2.75, 3.05) is 0 Å². The maximum absolute atomic E-state index is 10.7. The van der Waals surface area contributed by atoms with Crippen molar-refractivity contribution in [1.82, 2.24) is 0 Å². The van der Waals surface area contributed by atoms with E-state index in [0.717, 1.165) is 5.56 Å². The lowest BCUT2D eigenvalue weighted by Crippen LogP contribution is -1.93. The normalized spacial score (nSPS) is 9.80. The number of rotatable bonds is 4. The zero-order valence-electron chi connectivity index (χ0n) is 10.3. The Morgan fingerprint density at radius 3 is 2.40 bits per heavy atom. The molecule has 0 aromatic heterocycles. The van der Waals surface area contributed by atoms with Crippen molar-refractivity contribution in [3.05, 3.63) is 63.7 Å². The molecule has 20 heavy (non-hydrogen) atoms. The van der Waals surface area contributed by atoms with E-state index in [1.165, 1.54) is 18.2 Å². The van der Waals surface area contributed by atoms with Crippen molar-refractivity contribution < 1.29 is 14.8 Å². The molecule has 0 fully saturated rings. The van der Waals surface area contributed by atoms with E-state index in [1.807, 2.05) is 0 Å². The first-order chi connectivity index (χ1) is 9.63. The Labute approximate surface area is 114 Å². The molecule has 0 aliphatic heterocycles. The Hall–Kier alpha value is -2.91.